The maximum atomic E-state index is 12.1. The van der Waals surface area contributed by atoms with Crippen LogP contribution in [0.25, 0.3) is 0 Å². The Morgan fingerprint density at radius 2 is 2.09 bits per heavy atom. The number of carbonyl (C=O) groups is 1. The van der Waals surface area contributed by atoms with Crippen LogP contribution in [0, 0.1) is 5.92 Å². The number of amides is 1. The Morgan fingerprint density at radius 1 is 1.32 bits per heavy atom. The number of benzene rings is 1. The van der Waals surface area contributed by atoms with Crippen molar-refractivity contribution in [1.29, 1.82) is 0 Å². The molecule has 3 rings (SSSR count). The van der Waals surface area contributed by atoms with Crippen molar-refractivity contribution in [3.05, 3.63) is 28.2 Å². The molecule has 1 aromatic rings. The molecule has 0 spiro atoms. The Labute approximate surface area is 141 Å². The quantitative estimate of drug-likeness (QED) is 0.884. The molecule has 2 N–H and O–H groups in total. The van der Waals surface area contributed by atoms with Gasteiger partial charge in [0.05, 0.1) is 15.7 Å². The lowest BCUT2D eigenvalue weighted by Crippen LogP contribution is -2.45. The number of halogens is 2. The molecular formula is C16H21Cl2N3O. The summed E-state index contributed by atoms with van der Waals surface area (Å²) in [6.45, 7) is 4.08. The molecule has 6 heteroatoms. The van der Waals surface area contributed by atoms with Crippen LogP contribution in [0.5, 0.6) is 0 Å². The summed E-state index contributed by atoms with van der Waals surface area (Å²) < 4.78 is 0. The van der Waals surface area contributed by atoms with Crippen LogP contribution in [-0.4, -0.2) is 43.0 Å². The molecule has 1 amide bonds. The first-order valence-corrected chi connectivity index (χ1v) is 8.58. The van der Waals surface area contributed by atoms with Gasteiger partial charge in [0.25, 0.3) is 0 Å². The molecule has 2 saturated heterocycles. The summed E-state index contributed by atoms with van der Waals surface area (Å²) in [5.74, 6) is 0.705. The summed E-state index contributed by atoms with van der Waals surface area (Å²) in [5.41, 5.74) is 0.509. The number of hydrogen-bond acceptors (Lipinski definition) is 3. The third-order valence-electron chi connectivity index (χ3n) is 4.62. The highest BCUT2D eigenvalue weighted by Crippen LogP contribution is 2.30. The molecule has 2 aliphatic heterocycles. The molecular weight excluding hydrogens is 321 g/mol. The number of fused-ring (bicyclic) bond motifs is 1. The minimum atomic E-state index is -0.0401. The van der Waals surface area contributed by atoms with Crippen LogP contribution in [0.15, 0.2) is 18.2 Å². The van der Waals surface area contributed by atoms with Crippen LogP contribution >= 0.6 is 23.2 Å². The first-order chi connectivity index (χ1) is 10.6. The molecule has 2 unspecified atom stereocenters. The van der Waals surface area contributed by atoms with E-state index in [0.29, 0.717) is 28.2 Å². The van der Waals surface area contributed by atoms with E-state index in [9.17, 15) is 4.79 Å². The average molecular weight is 342 g/mol. The van der Waals surface area contributed by atoms with Crippen molar-refractivity contribution in [3.63, 3.8) is 0 Å². The smallest absolute Gasteiger partial charge is 0.225 e. The van der Waals surface area contributed by atoms with E-state index in [4.69, 9.17) is 23.2 Å². The third kappa shape index (κ3) is 3.74. The zero-order valence-corrected chi connectivity index (χ0v) is 14.0. The van der Waals surface area contributed by atoms with Gasteiger partial charge in [-0.05, 0) is 44.0 Å². The monoisotopic (exact) mass is 341 g/mol. The van der Waals surface area contributed by atoms with Gasteiger partial charge in [-0.2, -0.15) is 0 Å². The maximum Gasteiger partial charge on any atom is 0.225 e. The zero-order chi connectivity index (χ0) is 15.5. The fourth-order valence-corrected chi connectivity index (χ4v) is 3.90. The number of nitrogens with one attached hydrogen (secondary N) is 2. The van der Waals surface area contributed by atoms with Crippen molar-refractivity contribution in [1.82, 2.24) is 10.2 Å². The lowest BCUT2D eigenvalue weighted by molar-refractivity contribution is -0.116. The number of likely N-dealkylation sites (tertiary alicyclic amines) is 1. The Kier molecular flexibility index (Phi) is 5.24. The second-order valence-electron chi connectivity index (χ2n) is 6.09. The van der Waals surface area contributed by atoms with Crippen molar-refractivity contribution in [2.45, 2.75) is 25.3 Å². The van der Waals surface area contributed by atoms with Gasteiger partial charge in [-0.15, -0.1) is 0 Å². The van der Waals surface area contributed by atoms with Crippen molar-refractivity contribution in [3.8, 4) is 0 Å². The Morgan fingerprint density at radius 3 is 2.86 bits per heavy atom. The largest absolute Gasteiger partial charge is 0.324 e. The minimum Gasteiger partial charge on any atom is -0.324 e. The predicted octanol–water partition coefficient (Wildman–Crippen LogP) is 3.01. The van der Waals surface area contributed by atoms with Crippen molar-refractivity contribution in [2.75, 3.05) is 31.5 Å². The number of nitrogens with zero attached hydrogens (tertiary/aromatic N) is 1. The molecule has 4 nitrogen and oxygen atoms in total. The molecule has 0 aliphatic carbocycles. The van der Waals surface area contributed by atoms with Crippen LogP contribution in [0.4, 0.5) is 5.69 Å². The van der Waals surface area contributed by atoms with E-state index >= 15 is 0 Å². The van der Waals surface area contributed by atoms with Gasteiger partial charge in [0.2, 0.25) is 5.91 Å². The normalized spacial score (nSPS) is 25.0. The lowest BCUT2D eigenvalue weighted by Gasteiger charge is -2.34. The third-order valence-corrected chi connectivity index (χ3v) is 5.25. The minimum absolute atomic E-state index is 0.0401. The van der Waals surface area contributed by atoms with Crippen LogP contribution in [-0.2, 0) is 4.79 Å². The number of anilines is 1. The summed E-state index contributed by atoms with van der Waals surface area (Å²) in [4.78, 5) is 14.5. The van der Waals surface area contributed by atoms with Crippen LogP contribution in [0.1, 0.15) is 19.3 Å². The summed E-state index contributed by atoms with van der Waals surface area (Å²) >= 11 is 12.1. The standard InChI is InChI=1S/C16H21Cl2N3O/c17-12-2-1-3-13(18)16(12)20-15(22)6-9-21-8-5-14-11(10-21)4-7-19-14/h1-3,11,14,19H,4-10H2,(H,20,22). The molecule has 2 fully saturated rings. The molecule has 0 radical (unpaired) electrons. The molecule has 0 aromatic heterocycles. The van der Waals surface area contributed by atoms with Gasteiger partial charge in [-0.1, -0.05) is 29.3 Å². The van der Waals surface area contributed by atoms with Crippen molar-refractivity contribution >= 4 is 34.8 Å². The fraction of sp³-hybridized carbons (Fsp3) is 0.562. The predicted molar refractivity (Wildman–Crippen MR) is 90.7 cm³/mol. The van der Waals surface area contributed by atoms with E-state index in [1.807, 2.05) is 0 Å². The van der Waals surface area contributed by atoms with E-state index < -0.39 is 0 Å². The molecule has 120 valence electrons. The topological polar surface area (TPSA) is 44.4 Å². The van der Waals surface area contributed by atoms with Gasteiger partial charge in [0.15, 0.2) is 0 Å². The lowest BCUT2D eigenvalue weighted by atomic mass is 9.93. The van der Waals surface area contributed by atoms with Gasteiger partial charge in [0.1, 0.15) is 0 Å². The average Bonchev–Trinajstić information content (AvgIpc) is 2.96. The first-order valence-electron chi connectivity index (χ1n) is 7.83. The van der Waals surface area contributed by atoms with E-state index in [1.54, 1.807) is 18.2 Å². The first kappa shape index (κ1) is 16.1. The van der Waals surface area contributed by atoms with Gasteiger partial charge in [0, 0.05) is 25.6 Å². The second kappa shape index (κ2) is 7.18. The Hall–Kier alpha value is -0.810. The number of carbonyl (C=O) groups excluding carboxylic acids is 1. The highest BCUT2D eigenvalue weighted by molar-refractivity contribution is 6.39. The molecule has 1 aromatic carbocycles. The van der Waals surface area contributed by atoms with Gasteiger partial charge in [-0.3, -0.25) is 4.79 Å². The van der Waals surface area contributed by atoms with Crippen molar-refractivity contribution < 1.29 is 4.79 Å². The Balaban J connectivity index is 1.48. The Bertz CT molecular complexity index is 532. The molecule has 2 aliphatic rings. The van der Waals surface area contributed by atoms with E-state index in [2.05, 4.69) is 15.5 Å². The number of hydrogen-bond donors (Lipinski definition) is 2. The van der Waals surface area contributed by atoms with E-state index in [-0.39, 0.29) is 5.91 Å². The van der Waals surface area contributed by atoms with Crippen LogP contribution in [0.3, 0.4) is 0 Å². The van der Waals surface area contributed by atoms with Gasteiger partial charge >= 0.3 is 0 Å². The van der Waals surface area contributed by atoms with Crippen LogP contribution in [0.2, 0.25) is 10.0 Å². The van der Waals surface area contributed by atoms with Gasteiger partial charge < -0.3 is 15.5 Å². The van der Waals surface area contributed by atoms with E-state index in [0.717, 1.165) is 32.1 Å². The zero-order valence-electron chi connectivity index (χ0n) is 12.4. The molecule has 2 heterocycles. The number of rotatable bonds is 4. The fourth-order valence-electron chi connectivity index (χ4n) is 3.40. The van der Waals surface area contributed by atoms with Crippen molar-refractivity contribution in [2.24, 2.45) is 5.92 Å². The van der Waals surface area contributed by atoms with Gasteiger partial charge in [-0.25, -0.2) is 0 Å². The SMILES string of the molecule is O=C(CCN1CCC2NCCC2C1)Nc1c(Cl)cccc1Cl. The number of piperidine rings is 1. The van der Waals surface area contributed by atoms with Crippen LogP contribution < -0.4 is 10.6 Å². The molecule has 0 saturated carbocycles. The molecule has 22 heavy (non-hydrogen) atoms. The second-order valence-corrected chi connectivity index (χ2v) is 6.91. The summed E-state index contributed by atoms with van der Waals surface area (Å²) in [6.07, 6.45) is 2.90. The number of para-hydroxylation sites is 1. The highest BCUT2D eigenvalue weighted by atomic mass is 35.5. The molecule has 2 atom stereocenters. The maximum absolute atomic E-state index is 12.1. The molecule has 0 bridgehead atoms. The summed E-state index contributed by atoms with van der Waals surface area (Å²) in [6, 6.07) is 5.90. The highest BCUT2D eigenvalue weighted by Gasteiger charge is 2.32. The summed E-state index contributed by atoms with van der Waals surface area (Å²) in [7, 11) is 0. The van der Waals surface area contributed by atoms with E-state index in [1.165, 1.54) is 12.8 Å². The summed E-state index contributed by atoms with van der Waals surface area (Å²) in [5, 5.41) is 7.32.